The highest BCUT2D eigenvalue weighted by Crippen LogP contribution is 2.35. The zero-order chi connectivity index (χ0) is 32.3. The average Bonchev–Trinajstić information content (AvgIpc) is 3.43. The van der Waals surface area contributed by atoms with Crippen molar-refractivity contribution in [2.75, 3.05) is 19.3 Å². The number of nitrogens with two attached hydrogens (primary N) is 1. The Kier molecular flexibility index (Phi) is 10.3. The van der Waals surface area contributed by atoms with Gasteiger partial charge in [0, 0.05) is 47.1 Å². The normalized spacial score (nSPS) is 17.1. The number of nitrogens with one attached hydrogen (secondary N) is 4. The number of rotatable bonds is 11. The standard InChI is InChI=1S/C32H37ClF3N7OS/c1-18(38)39-11-9-21-4-3-5-26(40-21)23-7-6-22(15-28(23)45-2)43-16-20-14-27(41-30(20)42-31(43)44)24-12-19(13-25(33)29(24)34)8-10-32(35,36)17-37/h6-7,12-16,21,26,40H,3-5,8-11,17,37H2,1-2H3,(H2,38,39)(H,41,42,44)/t21-,26-/m0/s1. The number of aromatic nitrogens is 3. The molecule has 1 fully saturated rings. The van der Waals surface area contributed by atoms with Gasteiger partial charge in [0.05, 0.1) is 28.8 Å². The highest BCUT2D eigenvalue weighted by Gasteiger charge is 2.27. The molecule has 0 spiro atoms. The topological polar surface area (TPSA) is 125 Å². The third-order valence-electron chi connectivity index (χ3n) is 8.20. The molecule has 0 radical (unpaired) electrons. The smallest absolute Gasteiger partial charge is 0.354 e. The number of piperidine rings is 1. The number of nitrogens with zero attached hydrogens (tertiary/aromatic N) is 2. The lowest BCUT2D eigenvalue weighted by Crippen LogP contribution is -2.39. The van der Waals surface area contributed by atoms with Gasteiger partial charge in [-0.15, -0.1) is 11.8 Å². The van der Waals surface area contributed by atoms with Crippen molar-refractivity contribution in [1.29, 1.82) is 5.41 Å². The Bertz CT molecular complexity index is 1760. The van der Waals surface area contributed by atoms with Gasteiger partial charge >= 0.3 is 5.69 Å². The van der Waals surface area contributed by atoms with E-state index < -0.39 is 30.4 Å². The van der Waals surface area contributed by atoms with Gasteiger partial charge in [0.15, 0.2) is 5.82 Å². The van der Waals surface area contributed by atoms with Crippen molar-refractivity contribution in [3.63, 3.8) is 0 Å². The molecule has 0 amide bonds. The van der Waals surface area contributed by atoms with Crippen molar-refractivity contribution >= 4 is 40.2 Å². The minimum Gasteiger partial charge on any atom is -0.374 e. The molecule has 240 valence electrons. The second-order valence-electron chi connectivity index (χ2n) is 11.5. The van der Waals surface area contributed by atoms with Crippen LogP contribution in [-0.4, -0.2) is 51.7 Å². The molecule has 2 aromatic carbocycles. The maximum Gasteiger partial charge on any atom is 0.354 e. The van der Waals surface area contributed by atoms with Crippen LogP contribution in [0.2, 0.25) is 5.02 Å². The third-order valence-corrected chi connectivity index (χ3v) is 9.27. The minimum absolute atomic E-state index is 0.0349. The molecule has 1 aliphatic rings. The number of aryl methyl sites for hydroxylation is 1. The summed E-state index contributed by atoms with van der Waals surface area (Å²) in [6.45, 7) is 1.72. The quantitative estimate of drug-likeness (QED) is 0.0704. The fourth-order valence-corrected chi connectivity index (χ4v) is 6.73. The third kappa shape index (κ3) is 7.74. The molecule has 8 nitrogen and oxygen atoms in total. The molecule has 0 aliphatic carbocycles. The van der Waals surface area contributed by atoms with Crippen LogP contribution in [0, 0.1) is 11.2 Å². The van der Waals surface area contributed by atoms with E-state index in [-0.39, 0.29) is 28.7 Å². The Balaban J connectivity index is 1.41. The molecule has 0 unspecified atom stereocenters. The minimum atomic E-state index is -3.04. The van der Waals surface area contributed by atoms with E-state index in [1.807, 2.05) is 18.4 Å². The zero-order valence-electron chi connectivity index (χ0n) is 25.2. The van der Waals surface area contributed by atoms with E-state index >= 15 is 4.39 Å². The molecule has 1 saturated heterocycles. The summed E-state index contributed by atoms with van der Waals surface area (Å²) < 4.78 is 44.1. The Hall–Kier alpha value is -3.32. The summed E-state index contributed by atoms with van der Waals surface area (Å²) in [4.78, 5) is 21.4. The largest absolute Gasteiger partial charge is 0.374 e. The predicted octanol–water partition coefficient (Wildman–Crippen LogP) is 6.58. The Morgan fingerprint density at radius 3 is 2.80 bits per heavy atom. The molecule has 1 aliphatic heterocycles. The van der Waals surface area contributed by atoms with E-state index in [1.165, 1.54) is 22.3 Å². The van der Waals surface area contributed by atoms with Crippen LogP contribution in [-0.2, 0) is 6.42 Å². The SMILES string of the molecule is CSc1cc(-n2cc3cc(-c4cc(CCC(F)(F)CN)cc(Cl)c4F)[nH]c3nc2=O)ccc1[C@@H]1CCC[C@@H](CCNC(C)=N)N1. The fraction of sp³-hybridized carbons (Fsp3) is 0.406. The van der Waals surface area contributed by atoms with Crippen molar-refractivity contribution < 1.29 is 13.2 Å². The zero-order valence-corrected chi connectivity index (χ0v) is 26.7. The van der Waals surface area contributed by atoms with Crippen LogP contribution in [0.3, 0.4) is 0 Å². The van der Waals surface area contributed by atoms with Crippen LogP contribution in [0.25, 0.3) is 28.0 Å². The second-order valence-corrected chi connectivity index (χ2v) is 12.7. The summed E-state index contributed by atoms with van der Waals surface area (Å²) in [6.07, 6.45) is 7.28. The van der Waals surface area contributed by atoms with E-state index in [2.05, 4.69) is 26.7 Å². The first kappa shape index (κ1) is 33.1. The van der Waals surface area contributed by atoms with E-state index in [9.17, 15) is 13.6 Å². The van der Waals surface area contributed by atoms with E-state index in [0.717, 1.165) is 37.1 Å². The Morgan fingerprint density at radius 2 is 2.07 bits per heavy atom. The van der Waals surface area contributed by atoms with Crippen molar-refractivity contribution in [1.82, 2.24) is 25.2 Å². The van der Waals surface area contributed by atoms with Crippen LogP contribution in [0.4, 0.5) is 13.2 Å². The molecule has 6 N–H and O–H groups in total. The van der Waals surface area contributed by atoms with Crippen molar-refractivity contribution in [3.8, 4) is 16.9 Å². The molecule has 2 aromatic heterocycles. The first-order valence-corrected chi connectivity index (χ1v) is 16.5. The van der Waals surface area contributed by atoms with Gasteiger partial charge in [-0.25, -0.2) is 18.0 Å². The predicted molar refractivity (Wildman–Crippen MR) is 176 cm³/mol. The molecule has 2 atom stereocenters. The molecular formula is C32H37ClF3N7OS. The summed E-state index contributed by atoms with van der Waals surface area (Å²) in [6, 6.07) is 11.0. The number of amidine groups is 1. The van der Waals surface area contributed by atoms with Gasteiger partial charge in [-0.1, -0.05) is 24.1 Å². The van der Waals surface area contributed by atoms with Gasteiger partial charge in [0.1, 0.15) is 5.65 Å². The van der Waals surface area contributed by atoms with Gasteiger partial charge < -0.3 is 21.4 Å². The lowest BCUT2D eigenvalue weighted by molar-refractivity contribution is 0.00246. The summed E-state index contributed by atoms with van der Waals surface area (Å²) in [5.74, 6) is -3.27. The van der Waals surface area contributed by atoms with Crippen molar-refractivity contribution in [2.24, 2.45) is 5.73 Å². The van der Waals surface area contributed by atoms with Crippen LogP contribution in [0.1, 0.15) is 56.2 Å². The number of aromatic amines is 1. The number of fused-ring (bicyclic) bond motifs is 1. The van der Waals surface area contributed by atoms with Crippen LogP contribution >= 0.6 is 23.4 Å². The fourth-order valence-electron chi connectivity index (χ4n) is 5.80. The maximum atomic E-state index is 15.1. The monoisotopic (exact) mass is 659 g/mol. The summed E-state index contributed by atoms with van der Waals surface area (Å²) in [5.41, 5.74) is 7.62. The number of H-pyrrole nitrogens is 1. The highest BCUT2D eigenvalue weighted by atomic mass is 35.5. The lowest BCUT2D eigenvalue weighted by atomic mass is 9.92. The number of alkyl halides is 2. The first-order valence-electron chi connectivity index (χ1n) is 14.9. The Labute approximate surface area is 268 Å². The molecule has 0 saturated carbocycles. The van der Waals surface area contributed by atoms with Crippen LogP contribution in [0.5, 0.6) is 0 Å². The van der Waals surface area contributed by atoms with Crippen LogP contribution in [0.15, 0.2) is 52.3 Å². The van der Waals surface area contributed by atoms with Gasteiger partial charge in [0.25, 0.3) is 5.92 Å². The maximum absolute atomic E-state index is 15.1. The molecular weight excluding hydrogens is 623 g/mol. The summed E-state index contributed by atoms with van der Waals surface area (Å²) in [7, 11) is 0. The van der Waals surface area contributed by atoms with Gasteiger partial charge in [-0.05, 0) is 80.3 Å². The highest BCUT2D eigenvalue weighted by molar-refractivity contribution is 7.98. The van der Waals surface area contributed by atoms with Gasteiger partial charge in [0.2, 0.25) is 0 Å². The van der Waals surface area contributed by atoms with E-state index in [0.29, 0.717) is 34.2 Å². The van der Waals surface area contributed by atoms with Gasteiger partial charge in [-0.3, -0.25) is 9.98 Å². The first-order chi connectivity index (χ1) is 21.5. The van der Waals surface area contributed by atoms with Crippen LogP contribution < -0.4 is 22.1 Å². The lowest BCUT2D eigenvalue weighted by Gasteiger charge is -2.32. The Morgan fingerprint density at radius 1 is 1.27 bits per heavy atom. The van der Waals surface area contributed by atoms with E-state index in [4.69, 9.17) is 22.7 Å². The molecule has 45 heavy (non-hydrogen) atoms. The number of halogens is 4. The van der Waals surface area contributed by atoms with E-state index in [1.54, 1.807) is 30.9 Å². The summed E-state index contributed by atoms with van der Waals surface area (Å²) in [5, 5.41) is 14.8. The number of thioether (sulfide) groups is 1. The number of benzene rings is 2. The summed E-state index contributed by atoms with van der Waals surface area (Å²) >= 11 is 7.75. The number of hydrogen-bond acceptors (Lipinski definition) is 6. The van der Waals surface area contributed by atoms with Crippen molar-refractivity contribution in [2.45, 2.75) is 68.4 Å². The molecule has 0 bridgehead atoms. The average molecular weight is 660 g/mol. The number of hydrogen-bond donors (Lipinski definition) is 5. The molecule has 5 rings (SSSR count). The van der Waals surface area contributed by atoms with Crippen molar-refractivity contribution in [3.05, 3.63) is 75.0 Å². The second kappa shape index (κ2) is 14.0. The molecule has 4 aromatic rings. The molecule has 3 heterocycles. The van der Waals surface area contributed by atoms with Gasteiger partial charge in [-0.2, -0.15) is 4.98 Å². The molecule has 13 heteroatoms.